The van der Waals surface area contributed by atoms with Gasteiger partial charge in [0.1, 0.15) is 11.5 Å². The molecule has 1 atom stereocenters. The number of thiophene rings is 1. The summed E-state index contributed by atoms with van der Waals surface area (Å²) in [5.41, 5.74) is 1.61. The van der Waals surface area contributed by atoms with E-state index in [1.165, 1.54) is 15.3 Å². The fraction of sp³-hybridized carbons (Fsp3) is 0.375. The Morgan fingerprint density at radius 3 is 2.76 bits per heavy atom. The maximum atomic E-state index is 12.3. The van der Waals surface area contributed by atoms with Gasteiger partial charge in [0.15, 0.2) is 0 Å². The number of pyridine rings is 1. The van der Waals surface area contributed by atoms with Crippen molar-refractivity contribution in [3.63, 3.8) is 0 Å². The van der Waals surface area contributed by atoms with E-state index in [0.717, 1.165) is 12.4 Å². The first-order valence-electron chi connectivity index (χ1n) is 7.10. The summed E-state index contributed by atoms with van der Waals surface area (Å²) in [4.78, 5) is 19.1. The molecule has 0 aromatic carbocycles. The standard InChI is InChI=1S/C16H21N3OS/c1-5-17-15-8-6-7-14(19-15)16(20)18-11(3)13-9-10(2)21-12(13)4/h6-9,11H,5H2,1-4H3,(H,17,19)(H,18,20). The molecule has 2 aromatic heterocycles. The zero-order valence-corrected chi connectivity index (χ0v) is 13.7. The Balaban J connectivity index is 2.10. The molecule has 1 unspecified atom stereocenters. The Bertz CT molecular complexity index is 636. The topological polar surface area (TPSA) is 54.0 Å². The van der Waals surface area contributed by atoms with E-state index in [-0.39, 0.29) is 11.9 Å². The summed E-state index contributed by atoms with van der Waals surface area (Å²) in [7, 11) is 0. The molecule has 2 rings (SSSR count). The van der Waals surface area contributed by atoms with Gasteiger partial charge in [-0.2, -0.15) is 0 Å². The molecule has 1 amide bonds. The summed E-state index contributed by atoms with van der Waals surface area (Å²) < 4.78 is 0. The molecule has 0 aliphatic heterocycles. The largest absolute Gasteiger partial charge is 0.370 e. The van der Waals surface area contributed by atoms with Crippen molar-refractivity contribution in [1.82, 2.24) is 10.3 Å². The van der Waals surface area contributed by atoms with E-state index in [0.29, 0.717) is 5.69 Å². The van der Waals surface area contributed by atoms with Crippen LogP contribution in [0.5, 0.6) is 0 Å². The summed E-state index contributed by atoms with van der Waals surface area (Å²) in [6.45, 7) is 8.94. The molecule has 0 bridgehead atoms. The monoisotopic (exact) mass is 303 g/mol. The molecule has 5 heteroatoms. The molecule has 112 valence electrons. The quantitative estimate of drug-likeness (QED) is 0.886. The van der Waals surface area contributed by atoms with E-state index in [9.17, 15) is 4.79 Å². The highest BCUT2D eigenvalue weighted by Crippen LogP contribution is 2.26. The Labute approximate surface area is 129 Å². The minimum Gasteiger partial charge on any atom is -0.370 e. The van der Waals surface area contributed by atoms with Crippen LogP contribution in [0.15, 0.2) is 24.3 Å². The lowest BCUT2D eigenvalue weighted by Crippen LogP contribution is -2.27. The molecule has 0 saturated heterocycles. The molecule has 0 spiro atoms. The molecule has 0 aliphatic rings. The third-order valence-electron chi connectivity index (χ3n) is 3.23. The second kappa shape index (κ2) is 6.72. The van der Waals surface area contributed by atoms with Crippen LogP contribution in [0.3, 0.4) is 0 Å². The average molecular weight is 303 g/mol. The summed E-state index contributed by atoms with van der Waals surface area (Å²) in [5, 5.41) is 6.12. The van der Waals surface area contributed by atoms with Gasteiger partial charge in [-0.15, -0.1) is 11.3 Å². The van der Waals surface area contributed by atoms with Crippen molar-refractivity contribution < 1.29 is 4.79 Å². The molecule has 0 aliphatic carbocycles. The normalized spacial score (nSPS) is 12.0. The molecule has 0 saturated carbocycles. The first-order valence-corrected chi connectivity index (χ1v) is 7.91. The summed E-state index contributed by atoms with van der Waals surface area (Å²) in [6.07, 6.45) is 0. The zero-order valence-electron chi connectivity index (χ0n) is 12.9. The Morgan fingerprint density at radius 2 is 2.14 bits per heavy atom. The zero-order chi connectivity index (χ0) is 15.4. The van der Waals surface area contributed by atoms with Gasteiger partial charge in [0.2, 0.25) is 0 Å². The Hall–Kier alpha value is -1.88. The number of anilines is 1. The first kappa shape index (κ1) is 15.5. The maximum absolute atomic E-state index is 12.3. The van der Waals surface area contributed by atoms with Crippen LogP contribution >= 0.6 is 11.3 Å². The van der Waals surface area contributed by atoms with Gasteiger partial charge in [-0.05, 0) is 51.5 Å². The van der Waals surface area contributed by atoms with Crippen LogP contribution in [0, 0.1) is 13.8 Å². The lowest BCUT2D eigenvalue weighted by atomic mass is 10.1. The fourth-order valence-corrected chi connectivity index (χ4v) is 3.29. The molecule has 2 heterocycles. The highest BCUT2D eigenvalue weighted by molar-refractivity contribution is 7.12. The van der Waals surface area contributed by atoms with Gasteiger partial charge < -0.3 is 10.6 Å². The number of amides is 1. The van der Waals surface area contributed by atoms with Gasteiger partial charge >= 0.3 is 0 Å². The smallest absolute Gasteiger partial charge is 0.270 e. The van der Waals surface area contributed by atoms with Crippen molar-refractivity contribution in [3.8, 4) is 0 Å². The molecule has 4 nitrogen and oxygen atoms in total. The highest BCUT2D eigenvalue weighted by atomic mass is 32.1. The maximum Gasteiger partial charge on any atom is 0.270 e. The number of carbonyl (C=O) groups is 1. The van der Waals surface area contributed by atoms with Gasteiger partial charge in [-0.25, -0.2) is 4.98 Å². The minimum atomic E-state index is -0.148. The van der Waals surface area contributed by atoms with Crippen LogP contribution in [-0.2, 0) is 0 Å². The van der Waals surface area contributed by atoms with E-state index in [4.69, 9.17) is 0 Å². The van der Waals surface area contributed by atoms with E-state index in [1.807, 2.05) is 26.0 Å². The van der Waals surface area contributed by atoms with Gasteiger partial charge in [0.05, 0.1) is 6.04 Å². The minimum absolute atomic E-state index is 0.0213. The Kier molecular flexibility index (Phi) is 4.96. The molecular weight excluding hydrogens is 282 g/mol. The van der Waals surface area contributed by atoms with Crippen LogP contribution in [0.4, 0.5) is 5.82 Å². The second-order valence-corrected chi connectivity index (χ2v) is 6.46. The third-order valence-corrected chi connectivity index (χ3v) is 4.21. The van der Waals surface area contributed by atoms with Crippen LogP contribution in [0.25, 0.3) is 0 Å². The number of nitrogens with zero attached hydrogens (tertiary/aromatic N) is 1. The lowest BCUT2D eigenvalue weighted by Gasteiger charge is -2.14. The van der Waals surface area contributed by atoms with Gasteiger partial charge in [-0.1, -0.05) is 6.07 Å². The van der Waals surface area contributed by atoms with Crippen molar-refractivity contribution in [2.24, 2.45) is 0 Å². The van der Waals surface area contributed by atoms with Crippen molar-refractivity contribution >= 4 is 23.1 Å². The number of carbonyl (C=O) groups excluding carboxylic acids is 1. The number of hydrogen-bond donors (Lipinski definition) is 2. The van der Waals surface area contributed by atoms with Gasteiger partial charge in [0, 0.05) is 16.3 Å². The van der Waals surface area contributed by atoms with Crippen LogP contribution in [-0.4, -0.2) is 17.4 Å². The summed E-state index contributed by atoms with van der Waals surface area (Å²) >= 11 is 1.75. The number of aromatic nitrogens is 1. The van der Waals surface area contributed by atoms with Crippen LogP contribution in [0.1, 0.15) is 45.7 Å². The van der Waals surface area contributed by atoms with Crippen molar-refractivity contribution in [2.75, 3.05) is 11.9 Å². The van der Waals surface area contributed by atoms with E-state index in [1.54, 1.807) is 17.4 Å². The predicted octanol–water partition coefficient (Wildman–Crippen LogP) is 3.68. The molecule has 2 aromatic rings. The van der Waals surface area contributed by atoms with E-state index >= 15 is 0 Å². The summed E-state index contributed by atoms with van der Waals surface area (Å²) in [6, 6.07) is 7.54. The van der Waals surface area contributed by atoms with Crippen LogP contribution < -0.4 is 10.6 Å². The average Bonchev–Trinajstić information content (AvgIpc) is 2.78. The van der Waals surface area contributed by atoms with Crippen LogP contribution in [0.2, 0.25) is 0 Å². The predicted molar refractivity (Wildman–Crippen MR) is 88.1 cm³/mol. The fourth-order valence-electron chi connectivity index (χ4n) is 2.27. The van der Waals surface area contributed by atoms with Gasteiger partial charge in [-0.3, -0.25) is 4.79 Å². The van der Waals surface area contributed by atoms with Crippen molar-refractivity contribution in [3.05, 3.63) is 45.3 Å². The van der Waals surface area contributed by atoms with E-state index in [2.05, 4.69) is 35.5 Å². The number of aryl methyl sites for hydroxylation is 2. The molecule has 0 radical (unpaired) electrons. The Morgan fingerprint density at radius 1 is 1.38 bits per heavy atom. The highest BCUT2D eigenvalue weighted by Gasteiger charge is 2.16. The van der Waals surface area contributed by atoms with Gasteiger partial charge in [0.25, 0.3) is 5.91 Å². The van der Waals surface area contributed by atoms with Crippen molar-refractivity contribution in [2.45, 2.75) is 33.7 Å². The number of nitrogens with one attached hydrogen (secondary N) is 2. The third kappa shape index (κ3) is 3.82. The number of hydrogen-bond acceptors (Lipinski definition) is 4. The van der Waals surface area contributed by atoms with Crippen molar-refractivity contribution in [1.29, 1.82) is 0 Å². The molecular formula is C16H21N3OS. The second-order valence-electron chi connectivity index (χ2n) is 5.00. The number of rotatable bonds is 5. The SMILES string of the molecule is CCNc1cccc(C(=O)NC(C)c2cc(C)sc2C)n1. The first-order chi connectivity index (χ1) is 10.0. The molecule has 2 N–H and O–H groups in total. The molecule has 21 heavy (non-hydrogen) atoms. The lowest BCUT2D eigenvalue weighted by molar-refractivity contribution is 0.0935. The summed E-state index contributed by atoms with van der Waals surface area (Å²) in [5.74, 6) is 0.575. The molecule has 0 fully saturated rings. The van der Waals surface area contributed by atoms with E-state index < -0.39 is 0 Å².